The Kier molecular flexibility index (Phi) is 8.32. The van der Waals surface area contributed by atoms with Gasteiger partial charge in [-0.15, -0.1) is 0 Å². The van der Waals surface area contributed by atoms with E-state index in [9.17, 15) is 14.4 Å². The minimum absolute atomic E-state index is 0.0159. The van der Waals surface area contributed by atoms with Crippen LogP contribution in [0.15, 0.2) is 48.5 Å². The standard InChI is InChI=1S/C23H29N5O4/c24-27-20-14-19(20)16-6-10-18(11-7-16)25-21(29)3-1-2-15-4-8-17(9-5-15)26-22(30)12-13-23(31)28-32/h4-11,19-20,27,32H,1-3,12-14,24H2,(H,25,29)(H,26,30)(H,28,31)/t19-,20+/m0/s1. The summed E-state index contributed by atoms with van der Waals surface area (Å²) >= 11 is 0. The number of aryl methyl sites for hydroxylation is 1. The highest BCUT2D eigenvalue weighted by atomic mass is 16.5. The van der Waals surface area contributed by atoms with Crippen molar-refractivity contribution >= 4 is 29.1 Å². The highest BCUT2D eigenvalue weighted by molar-refractivity contribution is 5.93. The van der Waals surface area contributed by atoms with Crippen LogP contribution in [0, 0.1) is 0 Å². The number of benzene rings is 2. The summed E-state index contributed by atoms with van der Waals surface area (Å²) in [5.41, 5.74) is 7.97. The number of rotatable bonds is 11. The summed E-state index contributed by atoms with van der Waals surface area (Å²) in [6, 6.07) is 15.6. The maximum atomic E-state index is 12.2. The normalized spacial score (nSPS) is 16.8. The topological polar surface area (TPSA) is 146 Å². The van der Waals surface area contributed by atoms with Gasteiger partial charge in [0.25, 0.3) is 0 Å². The average molecular weight is 440 g/mol. The van der Waals surface area contributed by atoms with E-state index in [0.717, 1.165) is 24.1 Å². The molecule has 170 valence electrons. The highest BCUT2D eigenvalue weighted by Gasteiger charge is 2.37. The lowest BCUT2D eigenvalue weighted by atomic mass is 10.1. The fourth-order valence-electron chi connectivity index (χ4n) is 3.50. The van der Waals surface area contributed by atoms with Crippen molar-refractivity contribution in [1.29, 1.82) is 0 Å². The molecule has 9 heteroatoms. The summed E-state index contributed by atoms with van der Waals surface area (Å²) in [5, 5.41) is 14.1. The fourth-order valence-corrected chi connectivity index (χ4v) is 3.50. The van der Waals surface area contributed by atoms with E-state index in [0.29, 0.717) is 30.5 Å². The molecule has 1 saturated carbocycles. The lowest BCUT2D eigenvalue weighted by Gasteiger charge is -2.08. The number of nitrogens with one attached hydrogen (secondary N) is 4. The largest absolute Gasteiger partial charge is 0.326 e. The zero-order chi connectivity index (χ0) is 22.9. The van der Waals surface area contributed by atoms with Gasteiger partial charge in [-0.25, -0.2) is 5.48 Å². The zero-order valence-electron chi connectivity index (χ0n) is 17.8. The van der Waals surface area contributed by atoms with E-state index in [1.807, 2.05) is 36.4 Å². The Hall–Kier alpha value is -3.27. The van der Waals surface area contributed by atoms with E-state index in [-0.39, 0.29) is 24.7 Å². The van der Waals surface area contributed by atoms with Gasteiger partial charge in [0.15, 0.2) is 0 Å². The van der Waals surface area contributed by atoms with Crippen LogP contribution >= 0.6 is 0 Å². The van der Waals surface area contributed by atoms with Crippen molar-refractivity contribution in [1.82, 2.24) is 10.9 Å². The predicted molar refractivity (Wildman–Crippen MR) is 121 cm³/mol. The number of hydroxylamine groups is 1. The average Bonchev–Trinajstić information content (AvgIpc) is 3.59. The second-order valence-corrected chi connectivity index (χ2v) is 7.92. The molecule has 9 nitrogen and oxygen atoms in total. The smallest absolute Gasteiger partial charge is 0.243 e. The highest BCUT2D eigenvalue weighted by Crippen LogP contribution is 2.40. The number of hydrazine groups is 1. The molecule has 3 amide bonds. The minimum atomic E-state index is -0.604. The SMILES string of the molecule is NN[C@@H]1C[C@H]1c1ccc(NC(=O)CCCc2ccc(NC(=O)CCC(=O)NO)cc2)cc1. The number of nitrogens with two attached hydrogens (primary N) is 1. The molecule has 0 spiro atoms. The van der Waals surface area contributed by atoms with Gasteiger partial charge in [-0.05, 0) is 54.7 Å². The molecule has 3 rings (SSSR count). The molecule has 0 aliphatic heterocycles. The van der Waals surface area contributed by atoms with Crippen LogP contribution in [0.1, 0.15) is 49.1 Å². The Morgan fingerprint density at radius 2 is 1.41 bits per heavy atom. The van der Waals surface area contributed by atoms with Crippen molar-refractivity contribution in [3.8, 4) is 0 Å². The number of hydrogen-bond donors (Lipinski definition) is 6. The predicted octanol–water partition coefficient (Wildman–Crippen LogP) is 2.19. The molecule has 2 aromatic carbocycles. The van der Waals surface area contributed by atoms with Gasteiger partial charge in [-0.2, -0.15) is 0 Å². The van der Waals surface area contributed by atoms with Crippen molar-refractivity contribution in [2.24, 2.45) is 5.84 Å². The molecule has 2 atom stereocenters. The van der Waals surface area contributed by atoms with Crippen LogP contribution in [0.25, 0.3) is 0 Å². The molecule has 0 radical (unpaired) electrons. The van der Waals surface area contributed by atoms with Crippen LogP contribution in [0.5, 0.6) is 0 Å². The third kappa shape index (κ3) is 7.16. The Labute approximate surface area is 186 Å². The molecule has 1 fully saturated rings. The molecule has 0 saturated heterocycles. The number of carbonyl (C=O) groups excluding carboxylic acids is 3. The maximum absolute atomic E-state index is 12.2. The Balaban J connectivity index is 1.35. The van der Waals surface area contributed by atoms with Gasteiger partial charge in [0, 0.05) is 42.6 Å². The van der Waals surface area contributed by atoms with Crippen LogP contribution in [0.2, 0.25) is 0 Å². The molecule has 1 aliphatic carbocycles. The number of amides is 3. The summed E-state index contributed by atoms with van der Waals surface area (Å²) in [6.45, 7) is 0. The van der Waals surface area contributed by atoms with E-state index in [1.54, 1.807) is 12.1 Å². The monoisotopic (exact) mass is 439 g/mol. The van der Waals surface area contributed by atoms with E-state index < -0.39 is 5.91 Å². The van der Waals surface area contributed by atoms with Crippen molar-refractivity contribution in [2.45, 2.75) is 50.5 Å². The molecule has 7 N–H and O–H groups in total. The first-order valence-electron chi connectivity index (χ1n) is 10.7. The minimum Gasteiger partial charge on any atom is -0.326 e. The van der Waals surface area contributed by atoms with Crippen molar-refractivity contribution in [3.63, 3.8) is 0 Å². The number of carbonyl (C=O) groups is 3. The first kappa shape index (κ1) is 23.4. The van der Waals surface area contributed by atoms with Gasteiger partial charge in [-0.1, -0.05) is 24.3 Å². The molecule has 32 heavy (non-hydrogen) atoms. The second kappa shape index (κ2) is 11.4. The van der Waals surface area contributed by atoms with Crippen molar-refractivity contribution in [3.05, 3.63) is 59.7 Å². The van der Waals surface area contributed by atoms with Gasteiger partial charge in [-0.3, -0.25) is 30.9 Å². The number of hydrogen-bond acceptors (Lipinski definition) is 6. The van der Waals surface area contributed by atoms with Gasteiger partial charge in [0.1, 0.15) is 0 Å². The van der Waals surface area contributed by atoms with Gasteiger partial charge < -0.3 is 10.6 Å². The third-order valence-corrected chi connectivity index (χ3v) is 5.44. The summed E-state index contributed by atoms with van der Waals surface area (Å²) < 4.78 is 0. The molecule has 2 aromatic rings. The third-order valence-electron chi connectivity index (χ3n) is 5.44. The zero-order valence-corrected chi connectivity index (χ0v) is 17.8. The molecule has 0 aromatic heterocycles. The summed E-state index contributed by atoms with van der Waals surface area (Å²) in [5.74, 6) is 4.97. The molecule has 0 heterocycles. The quantitative estimate of drug-likeness (QED) is 0.180. The fraction of sp³-hybridized carbons (Fsp3) is 0.348. The Morgan fingerprint density at radius 1 is 0.844 bits per heavy atom. The molecule has 0 bridgehead atoms. The van der Waals surface area contributed by atoms with Crippen LogP contribution < -0.4 is 27.4 Å². The Bertz CT molecular complexity index is 930. The first-order valence-corrected chi connectivity index (χ1v) is 10.7. The van der Waals surface area contributed by atoms with E-state index in [2.05, 4.69) is 16.1 Å². The van der Waals surface area contributed by atoms with E-state index in [4.69, 9.17) is 11.0 Å². The van der Waals surface area contributed by atoms with Crippen molar-refractivity contribution in [2.75, 3.05) is 10.6 Å². The van der Waals surface area contributed by atoms with Gasteiger partial charge in [0.2, 0.25) is 17.7 Å². The summed E-state index contributed by atoms with van der Waals surface area (Å²) in [4.78, 5) is 34.9. The summed E-state index contributed by atoms with van der Waals surface area (Å²) in [7, 11) is 0. The van der Waals surface area contributed by atoms with Crippen LogP contribution in [-0.4, -0.2) is 29.0 Å². The second-order valence-electron chi connectivity index (χ2n) is 7.92. The maximum Gasteiger partial charge on any atom is 0.243 e. The van der Waals surface area contributed by atoms with Gasteiger partial charge >= 0.3 is 0 Å². The van der Waals surface area contributed by atoms with E-state index in [1.165, 1.54) is 11.0 Å². The number of anilines is 2. The van der Waals surface area contributed by atoms with E-state index >= 15 is 0 Å². The van der Waals surface area contributed by atoms with Gasteiger partial charge in [0.05, 0.1) is 0 Å². The lowest BCUT2D eigenvalue weighted by Crippen LogP contribution is -2.25. The molecular formula is C23H29N5O4. The van der Waals surface area contributed by atoms with Crippen LogP contribution in [-0.2, 0) is 20.8 Å². The molecule has 1 aliphatic rings. The Morgan fingerprint density at radius 3 is 1.97 bits per heavy atom. The first-order chi connectivity index (χ1) is 15.5. The summed E-state index contributed by atoms with van der Waals surface area (Å²) in [6.07, 6.45) is 2.80. The molecule has 0 unspecified atom stereocenters. The van der Waals surface area contributed by atoms with Crippen molar-refractivity contribution < 1.29 is 19.6 Å². The van der Waals surface area contributed by atoms with Crippen LogP contribution in [0.4, 0.5) is 11.4 Å². The lowest BCUT2D eigenvalue weighted by molar-refractivity contribution is -0.131. The molecular weight excluding hydrogens is 410 g/mol. The van der Waals surface area contributed by atoms with Crippen LogP contribution in [0.3, 0.4) is 0 Å².